The third kappa shape index (κ3) is 3.89. The van der Waals surface area contributed by atoms with Crippen LogP contribution in [0.1, 0.15) is 46.5 Å². The number of rotatable bonds is 6. The van der Waals surface area contributed by atoms with E-state index < -0.39 is 5.41 Å². The summed E-state index contributed by atoms with van der Waals surface area (Å²) in [5.74, 6) is 0.0484. The molecule has 19 heavy (non-hydrogen) atoms. The van der Waals surface area contributed by atoms with Crippen molar-refractivity contribution in [3.8, 4) is 0 Å². The predicted molar refractivity (Wildman–Crippen MR) is 81.0 cm³/mol. The molecule has 2 N–H and O–H groups in total. The molecule has 1 aliphatic rings. The smallest absolute Gasteiger partial charge is 0.235 e. The first-order valence-electron chi connectivity index (χ1n) is 7.16. The molecule has 5 heteroatoms. The summed E-state index contributed by atoms with van der Waals surface area (Å²) in [4.78, 5) is 14.8. The normalized spacial score (nSPS) is 22.9. The van der Waals surface area contributed by atoms with Gasteiger partial charge in [0.05, 0.1) is 16.5 Å². The van der Waals surface area contributed by atoms with Crippen LogP contribution in [0.15, 0.2) is 0 Å². The van der Waals surface area contributed by atoms with Crippen molar-refractivity contribution in [3.63, 3.8) is 0 Å². The molecule has 0 aliphatic carbocycles. The quantitative estimate of drug-likeness (QED) is 0.760. The predicted octanol–water partition coefficient (Wildman–Crippen LogP) is 2.11. The van der Waals surface area contributed by atoms with Gasteiger partial charge in [0.25, 0.3) is 0 Å². The fourth-order valence-electron chi connectivity index (χ4n) is 2.32. The van der Waals surface area contributed by atoms with Crippen molar-refractivity contribution < 1.29 is 9.53 Å². The number of carbonyl (C=O) groups is 1. The molecular weight excluding hydrogens is 260 g/mol. The molecule has 1 rings (SSSR count). The van der Waals surface area contributed by atoms with E-state index in [0.717, 1.165) is 32.4 Å². The van der Waals surface area contributed by atoms with E-state index in [1.165, 1.54) is 0 Å². The van der Waals surface area contributed by atoms with Gasteiger partial charge in [-0.3, -0.25) is 4.79 Å². The van der Waals surface area contributed by atoms with Crippen LogP contribution in [0, 0.1) is 5.41 Å². The van der Waals surface area contributed by atoms with Crippen LogP contribution >= 0.6 is 12.2 Å². The maximum Gasteiger partial charge on any atom is 0.235 e. The van der Waals surface area contributed by atoms with Crippen molar-refractivity contribution >= 4 is 23.1 Å². The molecule has 0 aromatic rings. The number of carbonyl (C=O) groups excluding carboxylic acids is 1. The number of piperidine rings is 1. The van der Waals surface area contributed by atoms with Crippen molar-refractivity contribution in [1.29, 1.82) is 0 Å². The topological polar surface area (TPSA) is 55.6 Å². The number of nitrogens with two attached hydrogens (primary N) is 1. The number of hydrogen-bond acceptors (Lipinski definition) is 3. The van der Waals surface area contributed by atoms with Gasteiger partial charge in [-0.15, -0.1) is 0 Å². The summed E-state index contributed by atoms with van der Waals surface area (Å²) in [6.07, 6.45) is 3.81. The Morgan fingerprint density at radius 1 is 1.53 bits per heavy atom. The molecule has 1 saturated heterocycles. The third-order valence-electron chi connectivity index (χ3n) is 3.95. The number of likely N-dealkylation sites (tertiary alicyclic amines) is 1. The van der Waals surface area contributed by atoms with Gasteiger partial charge in [0.15, 0.2) is 0 Å². The first-order chi connectivity index (χ1) is 8.95. The van der Waals surface area contributed by atoms with Crippen LogP contribution in [-0.4, -0.2) is 41.6 Å². The Bertz CT molecular complexity index is 335. The Balaban J connectivity index is 2.68. The fraction of sp³-hybridized carbons (Fsp3) is 0.857. The highest BCUT2D eigenvalue weighted by Gasteiger charge is 2.39. The van der Waals surface area contributed by atoms with Gasteiger partial charge in [-0.1, -0.05) is 26.1 Å². The fourth-order valence-corrected chi connectivity index (χ4v) is 2.55. The van der Waals surface area contributed by atoms with Crippen molar-refractivity contribution in [2.24, 2.45) is 11.1 Å². The van der Waals surface area contributed by atoms with Gasteiger partial charge in [0.2, 0.25) is 5.91 Å². The summed E-state index contributed by atoms with van der Waals surface area (Å²) in [6.45, 7) is 8.08. The Kier molecular flexibility index (Phi) is 6.20. The first-order valence-corrected chi connectivity index (χ1v) is 7.57. The lowest BCUT2D eigenvalue weighted by Gasteiger charge is -2.38. The van der Waals surface area contributed by atoms with E-state index >= 15 is 0 Å². The molecule has 0 radical (unpaired) electrons. The van der Waals surface area contributed by atoms with E-state index in [1.807, 2.05) is 18.7 Å². The zero-order valence-electron chi connectivity index (χ0n) is 12.3. The second-order valence-electron chi connectivity index (χ2n) is 5.44. The molecule has 4 nitrogen and oxygen atoms in total. The van der Waals surface area contributed by atoms with E-state index in [2.05, 4.69) is 6.92 Å². The van der Waals surface area contributed by atoms with Gasteiger partial charge >= 0.3 is 0 Å². The van der Waals surface area contributed by atoms with Gasteiger partial charge in [0, 0.05) is 19.7 Å². The zero-order valence-corrected chi connectivity index (χ0v) is 13.1. The monoisotopic (exact) mass is 286 g/mol. The number of ether oxygens (including phenoxy) is 1. The highest BCUT2D eigenvalue weighted by atomic mass is 32.1. The summed E-state index contributed by atoms with van der Waals surface area (Å²) in [5, 5.41) is 0. The van der Waals surface area contributed by atoms with Crippen LogP contribution in [0.4, 0.5) is 0 Å². The third-order valence-corrected chi connectivity index (χ3v) is 4.40. The van der Waals surface area contributed by atoms with Gasteiger partial charge in [-0.2, -0.15) is 0 Å². The van der Waals surface area contributed by atoms with E-state index in [9.17, 15) is 4.79 Å². The Hall–Kier alpha value is -0.680. The van der Waals surface area contributed by atoms with Crippen LogP contribution in [0.5, 0.6) is 0 Å². The lowest BCUT2D eigenvalue weighted by Crippen LogP contribution is -2.52. The molecule has 0 aromatic carbocycles. The zero-order chi connectivity index (χ0) is 14.5. The molecule has 1 fully saturated rings. The van der Waals surface area contributed by atoms with Crippen molar-refractivity contribution in [2.75, 3.05) is 19.7 Å². The molecule has 1 aliphatic heterocycles. The number of thiocarbonyl (C=S) groups is 1. The molecule has 0 saturated carbocycles. The van der Waals surface area contributed by atoms with Gasteiger partial charge in [0.1, 0.15) is 0 Å². The maximum atomic E-state index is 12.6. The second-order valence-corrected chi connectivity index (χ2v) is 5.88. The lowest BCUT2D eigenvalue weighted by molar-refractivity contribution is -0.142. The standard InChI is InChI=1S/C14H26N2O2S/c1-4-9-18-11-7-6-8-16(10-11)13(17)14(3,5-2)12(15)19/h11H,4-10H2,1-3H3,(H2,15,19). The lowest BCUT2D eigenvalue weighted by atomic mass is 9.85. The minimum Gasteiger partial charge on any atom is -0.392 e. The van der Waals surface area contributed by atoms with E-state index in [-0.39, 0.29) is 17.0 Å². The molecule has 0 aromatic heterocycles. The van der Waals surface area contributed by atoms with Gasteiger partial charge < -0.3 is 15.4 Å². The van der Waals surface area contributed by atoms with Crippen LogP contribution in [0.2, 0.25) is 0 Å². The molecule has 0 spiro atoms. The van der Waals surface area contributed by atoms with E-state index in [4.69, 9.17) is 22.7 Å². The average molecular weight is 286 g/mol. The minimum absolute atomic E-state index is 0.0484. The number of nitrogens with zero attached hydrogens (tertiary/aromatic N) is 1. The molecule has 2 atom stereocenters. The average Bonchev–Trinajstić information content (AvgIpc) is 2.43. The molecule has 110 valence electrons. The second kappa shape index (κ2) is 7.20. The van der Waals surface area contributed by atoms with Crippen molar-refractivity contribution in [2.45, 2.75) is 52.6 Å². The highest BCUT2D eigenvalue weighted by molar-refractivity contribution is 7.80. The first kappa shape index (κ1) is 16.4. The Morgan fingerprint density at radius 3 is 2.74 bits per heavy atom. The van der Waals surface area contributed by atoms with Gasteiger partial charge in [-0.05, 0) is 32.6 Å². The summed E-state index contributed by atoms with van der Waals surface area (Å²) >= 11 is 5.07. The highest BCUT2D eigenvalue weighted by Crippen LogP contribution is 2.27. The van der Waals surface area contributed by atoms with Crippen LogP contribution < -0.4 is 5.73 Å². The van der Waals surface area contributed by atoms with Crippen LogP contribution in [-0.2, 0) is 9.53 Å². The largest absolute Gasteiger partial charge is 0.392 e. The van der Waals surface area contributed by atoms with Crippen LogP contribution in [0.3, 0.4) is 0 Å². The summed E-state index contributed by atoms with van der Waals surface area (Å²) in [5.41, 5.74) is 5.04. The molecular formula is C14H26N2O2S. The summed E-state index contributed by atoms with van der Waals surface area (Å²) in [7, 11) is 0. The maximum absolute atomic E-state index is 12.6. The minimum atomic E-state index is -0.720. The summed E-state index contributed by atoms with van der Waals surface area (Å²) < 4.78 is 5.76. The SMILES string of the molecule is CCCOC1CCCN(C(=O)C(C)(CC)C(N)=S)C1. The molecule has 1 heterocycles. The molecule has 1 amide bonds. The van der Waals surface area contributed by atoms with Gasteiger partial charge in [-0.25, -0.2) is 0 Å². The van der Waals surface area contributed by atoms with Crippen molar-refractivity contribution in [3.05, 3.63) is 0 Å². The van der Waals surface area contributed by atoms with E-state index in [1.54, 1.807) is 0 Å². The summed E-state index contributed by atoms with van der Waals surface area (Å²) in [6, 6.07) is 0. The van der Waals surface area contributed by atoms with Crippen LogP contribution in [0.25, 0.3) is 0 Å². The number of amides is 1. The van der Waals surface area contributed by atoms with E-state index in [0.29, 0.717) is 13.0 Å². The molecule has 0 bridgehead atoms. The Labute approximate surface area is 121 Å². The Morgan fingerprint density at radius 2 is 2.21 bits per heavy atom. The number of hydrogen-bond donors (Lipinski definition) is 1. The molecule has 2 unspecified atom stereocenters. The van der Waals surface area contributed by atoms with Crippen molar-refractivity contribution in [1.82, 2.24) is 4.90 Å².